The molecule has 10 heteroatoms. The number of alkyl halides is 6. The van der Waals surface area contributed by atoms with Crippen molar-refractivity contribution in [3.63, 3.8) is 0 Å². The number of halogens is 6. The zero-order chi connectivity index (χ0) is 23.1. The molecule has 0 atom stereocenters. The fourth-order valence-corrected chi connectivity index (χ4v) is 4.78. The summed E-state index contributed by atoms with van der Waals surface area (Å²) >= 11 is 0. The van der Waals surface area contributed by atoms with E-state index in [1.807, 2.05) is 0 Å². The molecule has 1 saturated heterocycles. The SMILES string of the molecule is O=C(C1=NCC2=C1CN(CC(F)(F)F)CC2)N1CCC(c2ccccc2C(F)(F)F)CC1. The van der Waals surface area contributed by atoms with Crippen LogP contribution in [0, 0.1) is 0 Å². The highest BCUT2D eigenvalue weighted by Crippen LogP contribution is 2.39. The Morgan fingerprint density at radius 3 is 2.38 bits per heavy atom. The number of piperidine rings is 1. The normalized spacial score (nSPS) is 21.1. The highest BCUT2D eigenvalue weighted by molar-refractivity contribution is 6.46. The van der Waals surface area contributed by atoms with Gasteiger partial charge in [0.1, 0.15) is 5.71 Å². The topological polar surface area (TPSA) is 35.9 Å². The molecule has 174 valence electrons. The number of aliphatic imine (C=N–C) groups is 1. The Kier molecular flexibility index (Phi) is 6.08. The van der Waals surface area contributed by atoms with Crippen molar-refractivity contribution < 1.29 is 31.1 Å². The Hall–Kier alpha value is -2.36. The van der Waals surface area contributed by atoms with Crippen molar-refractivity contribution in [3.8, 4) is 0 Å². The van der Waals surface area contributed by atoms with E-state index in [0.29, 0.717) is 31.4 Å². The number of carbonyl (C=O) groups excluding carboxylic acids is 1. The van der Waals surface area contributed by atoms with Gasteiger partial charge in [0.2, 0.25) is 0 Å². The minimum Gasteiger partial charge on any atom is -0.337 e. The summed E-state index contributed by atoms with van der Waals surface area (Å²) in [6.07, 6.45) is -7.53. The van der Waals surface area contributed by atoms with Crippen LogP contribution in [0.4, 0.5) is 26.3 Å². The highest BCUT2D eigenvalue weighted by Gasteiger charge is 2.39. The van der Waals surface area contributed by atoms with Crippen molar-refractivity contribution in [2.45, 2.75) is 37.5 Å². The van der Waals surface area contributed by atoms with Gasteiger partial charge in [0.05, 0.1) is 18.7 Å². The molecule has 1 fully saturated rings. The largest absolute Gasteiger partial charge is 0.416 e. The first kappa shape index (κ1) is 22.8. The zero-order valence-electron chi connectivity index (χ0n) is 17.3. The average molecular weight is 459 g/mol. The first-order valence-electron chi connectivity index (χ1n) is 10.5. The van der Waals surface area contributed by atoms with Crippen LogP contribution in [0.5, 0.6) is 0 Å². The predicted molar refractivity (Wildman–Crippen MR) is 106 cm³/mol. The molecule has 0 bridgehead atoms. The van der Waals surface area contributed by atoms with Gasteiger partial charge in [-0.3, -0.25) is 14.7 Å². The molecule has 0 unspecified atom stereocenters. The molecule has 0 aromatic heterocycles. The monoisotopic (exact) mass is 459 g/mol. The van der Waals surface area contributed by atoms with Gasteiger partial charge in [0.25, 0.3) is 5.91 Å². The van der Waals surface area contributed by atoms with Gasteiger partial charge < -0.3 is 4.90 Å². The molecule has 0 saturated carbocycles. The van der Waals surface area contributed by atoms with Crippen LogP contribution >= 0.6 is 0 Å². The van der Waals surface area contributed by atoms with Crippen molar-refractivity contribution in [2.75, 3.05) is 39.3 Å². The summed E-state index contributed by atoms with van der Waals surface area (Å²) in [5.74, 6) is -0.652. The van der Waals surface area contributed by atoms with Crippen LogP contribution < -0.4 is 0 Å². The summed E-state index contributed by atoms with van der Waals surface area (Å²) in [6.45, 7) is 0.169. The quantitative estimate of drug-likeness (QED) is 0.627. The van der Waals surface area contributed by atoms with E-state index in [9.17, 15) is 31.1 Å². The molecular formula is C22H23F6N3O. The maximum Gasteiger partial charge on any atom is 0.416 e. The van der Waals surface area contributed by atoms with Gasteiger partial charge in [0.15, 0.2) is 0 Å². The third-order valence-corrected chi connectivity index (χ3v) is 6.35. The summed E-state index contributed by atoms with van der Waals surface area (Å²) in [5, 5.41) is 0. The minimum atomic E-state index is -4.44. The van der Waals surface area contributed by atoms with Gasteiger partial charge >= 0.3 is 12.4 Å². The van der Waals surface area contributed by atoms with E-state index in [0.717, 1.165) is 11.6 Å². The molecule has 0 radical (unpaired) electrons. The minimum absolute atomic E-state index is 0.0365. The highest BCUT2D eigenvalue weighted by atomic mass is 19.4. The van der Waals surface area contributed by atoms with Crippen LogP contribution in [0.15, 0.2) is 40.4 Å². The first-order chi connectivity index (χ1) is 15.0. The maximum atomic E-state index is 13.3. The lowest BCUT2D eigenvalue weighted by molar-refractivity contribution is -0.145. The molecule has 3 aliphatic rings. The standard InChI is InChI=1S/C22H23F6N3O/c23-21(24,25)13-30-8-5-15-11-29-19(17(15)12-30)20(32)31-9-6-14(7-10-31)16-3-1-2-4-18(16)22(26,27)28/h1-4,14H,5-13H2. The molecule has 1 aromatic rings. The maximum absolute atomic E-state index is 13.3. The lowest BCUT2D eigenvalue weighted by Gasteiger charge is -2.34. The Labute approximate surface area is 181 Å². The average Bonchev–Trinajstić information content (AvgIpc) is 3.15. The summed E-state index contributed by atoms with van der Waals surface area (Å²) < 4.78 is 78.4. The molecule has 4 nitrogen and oxygen atoms in total. The second kappa shape index (κ2) is 8.53. The van der Waals surface area contributed by atoms with Crippen LogP contribution in [0.1, 0.15) is 36.3 Å². The van der Waals surface area contributed by atoms with E-state index in [4.69, 9.17) is 0 Å². The Morgan fingerprint density at radius 1 is 1.03 bits per heavy atom. The second-order valence-corrected chi connectivity index (χ2v) is 8.47. The number of nitrogens with zero attached hydrogens (tertiary/aromatic N) is 3. The fraction of sp³-hybridized carbons (Fsp3) is 0.545. The van der Waals surface area contributed by atoms with Crippen LogP contribution in [0.3, 0.4) is 0 Å². The molecular weight excluding hydrogens is 436 g/mol. The smallest absolute Gasteiger partial charge is 0.337 e. The van der Waals surface area contributed by atoms with Crippen LogP contribution in [0.2, 0.25) is 0 Å². The van der Waals surface area contributed by atoms with Crippen molar-refractivity contribution >= 4 is 11.6 Å². The van der Waals surface area contributed by atoms with Crippen LogP contribution in [0.25, 0.3) is 0 Å². The Morgan fingerprint density at radius 2 is 1.72 bits per heavy atom. The Balaban J connectivity index is 1.41. The van der Waals surface area contributed by atoms with Gasteiger partial charge in [-0.15, -0.1) is 0 Å². The second-order valence-electron chi connectivity index (χ2n) is 8.47. The van der Waals surface area contributed by atoms with E-state index in [1.165, 1.54) is 17.0 Å². The van der Waals surface area contributed by atoms with Crippen LogP contribution in [-0.4, -0.2) is 66.9 Å². The molecule has 3 heterocycles. The molecule has 4 rings (SSSR count). The number of carbonyl (C=O) groups is 1. The van der Waals surface area contributed by atoms with Crippen molar-refractivity contribution in [1.29, 1.82) is 0 Å². The number of hydrogen-bond donors (Lipinski definition) is 0. The van der Waals surface area contributed by atoms with E-state index in [1.54, 1.807) is 11.0 Å². The van der Waals surface area contributed by atoms with Gasteiger partial charge in [-0.2, -0.15) is 26.3 Å². The summed E-state index contributed by atoms with van der Waals surface area (Å²) in [7, 11) is 0. The van der Waals surface area contributed by atoms with E-state index < -0.39 is 24.5 Å². The Bertz CT molecular complexity index is 942. The lowest BCUT2D eigenvalue weighted by Crippen LogP contribution is -2.45. The van der Waals surface area contributed by atoms with E-state index in [-0.39, 0.29) is 49.3 Å². The number of rotatable bonds is 3. The van der Waals surface area contributed by atoms with Gasteiger partial charge in [0, 0.05) is 26.2 Å². The van der Waals surface area contributed by atoms with E-state index in [2.05, 4.69) is 4.99 Å². The fourth-order valence-electron chi connectivity index (χ4n) is 4.78. The third-order valence-electron chi connectivity index (χ3n) is 6.35. The molecule has 0 N–H and O–H groups in total. The number of hydrogen-bond acceptors (Lipinski definition) is 3. The number of benzene rings is 1. The summed E-state index contributed by atoms with van der Waals surface area (Å²) in [5.41, 5.74) is 1.29. The van der Waals surface area contributed by atoms with Gasteiger partial charge in [-0.25, -0.2) is 0 Å². The molecule has 0 aliphatic carbocycles. The third kappa shape index (κ3) is 4.84. The molecule has 3 aliphatic heterocycles. The van der Waals surface area contributed by atoms with Crippen molar-refractivity contribution in [1.82, 2.24) is 9.80 Å². The van der Waals surface area contributed by atoms with Gasteiger partial charge in [-0.1, -0.05) is 18.2 Å². The lowest BCUT2D eigenvalue weighted by atomic mass is 9.86. The number of likely N-dealkylation sites (tertiary alicyclic amines) is 1. The van der Waals surface area contributed by atoms with E-state index >= 15 is 0 Å². The van der Waals surface area contributed by atoms with Crippen molar-refractivity contribution in [3.05, 3.63) is 46.5 Å². The molecule has 32 heavy (non-hydrogen) atoms. The molecule has 1 amide bonds. The van der Waals surface area contributed by atoms with Crippen LogP contribution in [-0.2, 0) is 11.0 Å². The first-order valence-corrected chi connectivity index (χ1v) is 10.5. The van der Waals surface area contributed by atoms with Crippen molar-refractivity contribution in [2.24, 2.45) is 4.99 Å². The number of amides is 1. The zero-order valence-corrected chi connectivity index (χ0v) is 17.3. The summed E-state index contributed by atoms with van der Waals surface area (Å²) in [4.78, 5) is 20.2. The van der Waals surface area contributed by atoms with Gasteiger partial charge in [-0.05, 0) is 48.0 Å². The molecule has 0 spiro atoms. The molecule has 1 aromatic carbocycles. The summed E-state index contributed by atoms with van der Waals surface area (Å²) in [6, 6.07) is 5.50. The predicted octanol–water partition coefficient (Wildman–Crippen LogP) is 4.43.